The van der Waals surface area contributed by atoms with Gasteiger partial charge in [-0.15, -0.1) is 0 Å². The lowest BCUT2D eigenvalue weighted by molar-refractivity contribution is 0.101. The number of halogens is 1. The molecule has 8 heteroatoms. The van der Waals surface area contributed by atoms with Crippen molar-refractivity contribution in [1.29, 1.82) is 0 Å². The van der Waals surface area contributed by atoms with Crippen LogP contribution in [0.5, 0.6) is 5.75 Å². The van der Waals surface area contributed by atoms with Crippen molar-refractivity contribution in [3.05, 3.63) is 93.6 Å². The molecule has 7 nitrogen and oxygen atoms in total. The zero-order valence-electron chi connectivity index (χ0n) is 18.1. The molecule has 0 fully saturated rings. The zero-order valence-corrected chi connectivity index (χ0v) is 18.8. The molecule has 1 N–H and O–H groups in total. The summed E-state index contributed by atoms with van der Waals surface area (Å²) in [6.07, 6.45) is 3.33. The molecule has 32 heavy (non-hydrogen) atoms. The molecule has 0 aliphatic carbocycles. The third-order valence-corrected chi connectivity index (χ3v) is 5.49. The minimum atomic E-state index is -0.385. The molecule has 0 spiro atoms. The van der Waals surface area contributed by atoms with Gasteiger partial charge in [-0.25, -0.2) is 0 Å². The number of ether oxygens (including phenoxy) is 1. The van der Waals surface area contributed by atoms with Crippen molar-refractivity contribution < 1.29 is 14.1 Å². The van der Waals surface area contributed by atoms with Crippen molar-refractivity contribution in [2.45, 2.75) is 33.9 Å². The maximum atomic E-state index is 12.8. The first kappa shape index (κ1) is 21.6. The SMILES string of the molecule is Cc1cccc(OCc2c(C(=O)Nc3cnn(Cc4cccc(Cl)c4)c3)noc2C)c1C. The number of carbonyl (C=O) groups excluding carboxylic acids is 1. The zero-order chi connectivity index (χ0) is 22.7. The minimum Gasteiger partial charge on any atom is -0.488 e. The van der Waals surface area contributed by atoms with E-state index in [1.807, 2.05) is 56.3 Å². The number of nitrogens with zero attached hydrogens (tertiary/aromatic N) is 3. The second-order valence-corrected chi connectivity index (χ2v) is 8.00. The number of aromatic nitrogens is 3. The van der Waals surface area contributed by atoms with Crippen LogP contribution in [0.25, 0.3) is 0 Å². The van der Waals surface area contributed by atoms with Gasteiger partial charge in [0.2, 0.25) is 0 Å². The predicted molar refractivity (Wildman–Crippen MR) is 122 cm³/mol. The molecule has 4 rings (SSSR count). The molecule has 2 aromatic heterocycles. The summed E-state index contributed by atoms with van der Waals surface area (Å²) in [5.74, 6) is 0.917. The predicted octanol–water partition coefficient (Wildman–Crippen LogP) is 5.33. The molecular weight excluding hydrogens is 428 g/mol. The van der Waals surface area contributed by atoms with Crippen molar-refractivity contribution in [2.75, 3.05) is 5.32 Å². The molecule has 4 aromatic rings. The van der Waals surface area contributed by atoms with Crippen LogP contribution in [0.1, 0.15) is 38.5 Å². The molecule has 2 aromatic carbocycles. The van der Waals surface area contributed by atoms with Crippen molar-refractivity contribution in [3.8, 4) is 5.75 Å². The van der Waals surface area contributed by atoms with Crippen LogP contribution in [-0.2, 0) is 13.2 Å². The van der Waals surface area contributed by atoms with Crippen LogP contribution in [0.15, 0.2) is 59.4 Å². The average molecular weight is 451 g/mol. The van der Waals surface area contributed by atoms with E-state index in [4.69, 9.17) is 20.9 Å². The summed E-state index contributed by atoms with van der Waals surface area (Å²) in [6, 6.07) is 13.4. The smallest absolute Gasteiger partial charge is 0.278 e. The lowest BCUT2D eigenvalue weighted by atomic mass is 10.1. The van der Waals surface area contributed by atoms with E-state index < -0.39 is 0 Å². The van der Waals surface area contributed by atoms with Gasteiger partial charge in [0.1, 0.15) is 18.1 Å². The Balaban J connectivity index is 1.44. The fraction of sp³-hybridized carbons (Fsp3) is 0.208. The van der Waals surface area contributed by atoms with Gasteiger partial charge >= 0.3 is 0 Å². The fourth-order valence-electron chi connectivity index (χ4n) is 3.30. The topological polar surface area (TPSA) is 82.2 Å². The van der Waals surface area contributed by atoms with Gasteiger partial charge in [-0.1, -0.05) is 41.0 Å². The molecule has 2 heterocycles. The molecule has 0 saturated heterocycles. The monoisotopic (exact) mass is 450 g/mol. The number of aryl methyl sites for hydroxylation is 2. The number of hydrogen-bond donors (Lipinski definition) is 1. The summed E-state index contributed by atoms with van der Waals surface area (Å²) >= 11 is 6.04. The Hall–Kier alpha value is -3.58. The highest BCUT2D eigenvalue weighted by molar-refractivity contribution is 6.30. The van der Waals surface area contributed by atoms with Gasteiger partial charge in [-0.2, -0.15) is 5.10 Å². The summed E-state index contributed by atoms with van der Waals surface area (Å²) < 4.78 is 12.9. The normalized spacial score (nSPS) is 10.9. The largest absolute Gasteiger partial charge is 0.488 e. The van der Waals surface area contributed by atoms with E-state index in [0.29, 0.717) is 28.6 Å². The highest BCUT2D eigenvalue weighted by atomic mass is 35.5. The molecule has 1 amide bonds. The maximum Gasteiger partial charge on any atom is 0.278 e. The Bertz CT molecular complexity index is 1260. The number of hydrogen-bond acceptors (Lipinski definition) is 5. The Morgan fingerprint density at radius 3 is 2.81 bits per heavy atom. The number of rotatable bonds is 7. The molecule has 164 valence electrons. The van der Waals surface area contributed by atoms with Crippen LogP contribution in [-0.4, -0.2) is 20.8 Å². The third-order valence-electron chi connectivity index (χ3n) is 5.25. The number of nitrogens with one attached hydrogen (secondary N) is 1. The van der Waals surface area contributed by atoms with Crippen LogP contribution in [0, 0.1) is 20.8 Å². The lowest BCUT2D eigenvalue weighted by Gasteiger charge is -2.11. The first-order chi connectivity index (χ1) is 15.4. The van der Waals surface area contributed by atoms with E-state index in [2.05, 4.69) is 15.6 Å². The van der Waals surface area contributed by atoms with Gasteiger partial charge < -0.3 is 14.6 Å². The number of anilines is 1. The first-order valence-electron chi connectivity index (χ1n) is 10.1. The van der Waals surface area contributed by atoms with Gasteiger partial charge in [0.05, 0.1) is 24.0 Å². The number of amides is 1. The van der Waals surface area contributed by atoms with E-state index in [-0.39, 0.29) is 18.2 Å². The van der Waals surface area contributed by atoms with Crippen molar-refractivity contribution in [3.63, 3.8) is 0 Å². The highest BCUT2D eigenvalue weighted by Gasteiger charge is 2.21. The second kappa shape index (κ2) is 9.28. The summed E-state index contributed by atoms with van der Waals surface area (Å²) in [5, 5.41) is 11.7. The summed E-state index contributed by atoms with van der Waals surface area (Å²) in [7, 11) is 0. The fourth-order valence-corrected chi connectivity index (χ4v) is 3.51. The van der Waals surface area contributed by atoms with Gasteiger partial charge in [-0.05, 0) is 55.7 Å². The second-order valence-electron chi connectivity index (χ2n) is 7.56. The minimum absolute atomic E-state index is 0.177. The average Bonchev–Trinajstić information content (AvgIpc) is 3.35. The Morgan fingerprint density at radius 1 is 1.19 bits per heavy atom. The van der Waals surface area contributed by atoms with E-state index in [0.717, 1.165) is 22.4 Å². The van der Waals surface area contributed by atoms with Crippen molar-refractivity contribution >= 4 is 23.2 Å². The highest BCUT2D eigenvalue weighted by Crippen LogP contribution is 2.24. The summed E-state index contributed by atoms with van der Waals surface area (Å²) in [4.78, 5) is 12.8. The quantitative estimate of drug-likeness (QED) is 0.411. The molecule has 0 aliphatic heterocycles. The Kier molecular flexibility index (Phi) is 6.28. The molecule has 0 unspecified atom stereocenters. The summed E-state index contributed by atoms with van der Waals surface area (Å²) in [6.45, 7) is 6.50. The summed E-state index contributed by atoms with van der Waals surface area (Å²) in [5.41, 5.74) is 4.55. The Labute approximate surface area is 190 Å². The van der Waals surface area contributed by atoms with E-state index in [1.54, 1.807) is 24.0 Å². The maximum absolute atomic E-state index is 12.8. The standard InChI is InChI=1S/C24H23ClN4O3/c1-15-6-4-9-22(16(15)2)31-14-21-17(3)32-28-23(21)24(30)27-20-11-26-29(13-20)12-18-7-5-8-19(25)10-18/h4-11,13H,12,14H2,1-3H3,(H,27,30). The van der Waals surface area contributed by atoms with Gasteiger partial charge in [-0.3, -0.25) is 9.48 Å². The molecule has 0 radical (unpaired) electrons. The van der Waals surface area contributed by atoms with E-state index in [9.17, 15) is 4.79 Å². The number of carbonyl (C=O) groups is 1. The van der Waals surface area contributed by atoms with Gasteiger partial charge in [0, 0.05) is 11.2 Å². The van der Waals surface area contributed by atoms with E-state index >= 15 is 0 Å². The molecule has 0 aliphatic rings. The van der Waals surface area contributed by atoms with Crippen LogP contribution in [0.4, 0.5) is 5.69 Å². The number of benzene rings is 2. The molecule has 0 atom stereocenters. The van der Waals surface area contributed by atoms with Crippen molar-refractivity contribution in [2.24, 2.45) is 0 Å². The van der Waals surface area contributed by atoms with Gasteiger partial charge in [0.15, 0.2) is 5.69 Å². The van der Waals surface area contributed by atoms with Crippen LogP contribution in [0.3, 0.4) is 0 Å². The molecule has 0 saturated carbocycles. The third kappa shape index (κ3) is 4.84. The van der Waals surface area contributed by atoms with Crippen LogP contribution >= 0.6 is 11.6 Å². The molecule has 0 bridgehead atoms. The van der Waals surface area contributed by atoms with Gasteiger partial charge in [0.25, 0.3) is 5.91 Å². The van der Waals surface area contributed by atoms with E-state index in [1.165, 1.54) is 0 Å². The molecular formula is C24H23ClN4O3. The van der Waals surface area contributed by atoms with Crippen LogP contribution < -0.4 is 10.1 Å². The Morgan fingerprint density at radius 2 is 2.00 bits per heavy atom. The first-order valence-corrected chi connectivity index (χ1v) is 10.5. The van der Waals surface area contributed by atoms with Crippen molar-refractivity contribution in [1.82, 2.24) is 14.9 Å². The van der Waals surface area contributed by atoms with Crippen LogP contribution in [0.2, 0.25) is 5.02 Å². The lowest BCUT2D eigenvalue weighted by Crippen LogP contribution is -2.15.